The highest BCUT2D eigenvalue weighted by Gasteiger charge is 2.55. The van der Waals surface area contributed by atoms with Gasteiger partial charge in [-0.1, -0.05) is 30.3 Å². The average Bonchev–Trinajstić information content (AvgIpc) is 2.66. The maximum atomic E-state index is 13.4. The number of carbonyl (C=O) groups excluding carboxylic acids is 1. The maximum Gasteiger partial charge on any atom is 0.422 e. The minimum atomic E-state index is -5.12. The zero-order valence-corrected chi connectivity index (χ0v) is 15.3. The lowest BCUT2D eigenvalue weighted by molar-refractivity contribution is -0.263. The summed E-state index contributed by atoms with van der Waals surface area (Å²) in [5.41, 5.74) is -3.68. The van der Waals surface area contributed by atoms with Crippen LogP contribution in [0.2, 0.25) is 0 Å². The normalized spacial score (nSPS) is 14.2. The van der Waals surface area contributed by atoms with Gasteiger partial charge >= 0.3 is 12.3 Å². The Morgan fingerprint density at radius 2 is 1.64 bits per heavy atom. The molecule has 2 aromatic rings. The van der Waals surface area contributed by atoms with Crippen molar-refractivity contribution in [1.82, 2.24) is 4.72 Å². The molecule has 0 radical (unpaired) electrons. The number of carbonyl (C=O) groups is 1. The van der Waals surface area contributed by atoms with Crippen LogP contribution in [0.3, 0.4) is 0 Å². The second kappa shape index (κ2) is 8.17. The Kier molecular flexibility index (Phi) is 6.32. The molecular weight excluding hydrogens is 401 g/mol. The number of amides is 1. The quantitative estimate of drug-likeness (QED) is 0.669. The molecule has 2 aromatic carbocycles. The fourth-order valence-corrected chi connectivity index (χ4v) is 3.31. The predicted octanol–water partition coefficient (Wildman–Crippen LogP) is 2.59. The third kappa shape index (κ3) is 4.80. The summed E-state index contributed by atoms with van der Waals surface area (Å²) in [5, 5.41) is 12.5. The molecule has 0 unspecified atom stereocenters. The summed E-state index contributed by atoms with van der Waals surface area (Å²) in [5.74, 6) is 0. The highest BCUT2D eigenvalue weighted by molar-refractivity contribution is 7.89. The van der Waals surface area contributed by atoms with Crippen LogP contribution in [-0.2, 0) is 20.4 Å². The van der Waals surface area contributed by atoms with Crippen molar-refractivity contribution in [3.8, 4) is 0 Å². The van der Waals surface area contributed by atoms with E-state index in [1.165, 1.54) is 30.3 Å². The van der Waals surface area contributed by atoms with Crippen LogP contribution >= 0.6 is 0 Å². The highest BCUT2D eigenvalue weighted by Crippen LogP contribution is 2.38. The maximum absolute atomic E-state index is 13.4. The van der Waals surface area contributed by atoms with Crippen LogP contribution in [0, 0.1) is 0 Å². The molecule has 0 aliphatic heterocycles. The van der Waals surface area contributed by atoms with Crippen molar-refractivity contribution in [3.05, 3.63) is 60.2 Å². The number of rotatable bonds is 6. The van der Waals surface area contributed by atoms with Gasteiger partial charge in [0.05, 0.1) is 18.6 Å². The second-order valence-corrected chi connectivity index (χ2v) is 7.46. The molecule has 1 amide bonds. The van der Waals surface area contributed by atoms with Gasteiger partial charge in [-0.05, 0) is 29.8 Å². The zero-order chi connectivity index (χ0) is 21.0. The Balaban J connectivity index is 2.22. The molecule has 0 saturated carbocycles. The van der Waals surface area contributed by atoms with Gasteiger partial charge in [-0.25, -0.2) is 17.9 Å². The summed E-state index contributed by atoms with van der Waals surface area (Å²) in [6.07, 6.45) is -5.89. The Morgan fingerprint density at radius 3 is 2.14 bits per heavy atom. The van der Waals surface area contributed by atoms with Crippen molar-refractivity contribution < 1.29 is 36.2 Å². The SMILES string of the molecule is COC(=O)Nc1ccc(S(=O)(=O)NC[C@@](O)(c2ccccc2)C(F)(F)F)cc1. The lowest BCUT2D eigenvalue weighted by Gasteiger charge is -2.31. The highest BCUT2D eigenvalue weighted by atomic mass is 32.2. The first-order valence-corrected chi connectivity index (χ1v) is 9.27. The molecular formula is C17H17F3N2O5S. The van der Waals surface area contributed by atoms with E-state index in [2.05, 4.69) is 10.1 Å². The first kappa shape index (κ1) is 21.7. The number of ether oxygens (including phenoxy) is 1. The van der Waals surface area contributed by atoms with Crippen molar-refractivity contribution in [3.63, 3.8) is 0 Å². The number of halogens is 3. The number of alkyl halides is 3. The second-order valence-electron chi connectivity index (χ2n) is 5.69. The van der Waals surface area contributed by atoms with Gasteiger partial charge < -0.3 is 9.84 Å². The standard InChI is InChI=1S/C17H17F3N2O5S/c1-27-15(23)22-13-7-9-14(10-8-13)28(25,26)21-11-16(24,17(18,19)20)12-5-3-2-4-6-12/h2-10,21,24H,11H2,1H3,(H,22,23)/t16-/m1/s1. The number of methoxy groups -OCH3 is 1. The van der Waals surface area contributed by atoms with Crippen LogP contribution in [0.5, 0.6) is 0 Å². The molecule has 0 heterocycles. The van der Waals surface area contributed by atoms with Gasteiger partial charge in [0, 0.05) is 5.69 Å². The molecule has 0 fully saturated rings. The van der Waals surface area contributed by atoms with Gasteiger partial charge in [-0.2, -0.15) is 13.2 Å². The summed E-state index contributed by atoms with van der Waals surface area (Å²) >= 11 is 0. The van der Waals surface area contributed by atoms with E-state index in [4.69, 9.17) is 0 Å². The molecule has 0 saturated heterocycles. The average molecular weight is 418 g/mol. The molecule has 0 aromatic heterocycles. The largest absolute Gasteiger partial charge is 0.453 e. The molecule has 1 atom stereocenters. The lowest BCUT2D eigenvalue weighted by atomic mass is 9.93. The fourth-order valence-electron chi connectivity index (χ4n) is 2.25. The van der Waals surface area contributed by atoms with Crippen LogP contribution in [0.25, 0.3) is 0 Å². The van der Waals surface area contributed by atoms with E-state index >= 15 is 0 Å². The third-order valence-electron chi connectivity index (χ3n) is 3.83. The van der Waals surface area contributed by atoms with E-state index in [-0.39, 0.29) is 10.6 Å². The summed E-state index contributed by atoms with van der Waals surface area (Å²) in [7, 11) is -3.22. The number of hydrogen-bond acceptors (Lipinski definition) is 5. The van der Waals surface area contributed by atoms with Gasteiger partial charge in [0.2, 0.25) is 10.0 Å². The first-order valence-electron chi connectivity index (χ1n) is 7.79. The smallest absolute Gasteiger partial charge is 0.422 e. The third-order valence-corrected chi connectivity index (χ3v) is 5.25. The summed E-state index contributed by atoms with van der Waals surface area (Å²) in [6.45, 7) is -1.31. The predicted molar refractivity (Wildman–Crippen MR) is 94.1 cm³/mol. The summed E-state index contributed by atoms with van der Waals surface area (Å²) in [6, 6.07) is 10.8. The van der Waals surface area contributed by atoms with Crippen LogP contribution in [0.4, 0.5) is 23.7 Å². The summed E-state index contributed by atoms with van der Waals surface area (Å²) < 4.78 is 71.1. The number of aliphatic hydroxyl groups is 1. The van der Waals surface area contributed by atoms with E-state index in [9.17, 15) is 31.5 Å². The molecule has 7 nitrogen and oxygen atoms in total. The van der Waals surface area contributed by atoms with E-state index in [0.717, 1.165) is 31.4 Å². The monoisotopic (exact) mass is 418 g/mol. The molecule has 0 spiro atoms. The summed E-state index contributed by atoms with van der Waals surface area (Å²) in [4.78, 5) is 10.8. The number of anilines is 1. The van der Waals surface area contributed by atoms with Crippen molar-refractivity contribution >= 4 is 21.8 Å². The fraction of sp³-hybridized carbons (Fsp3) is 0.235. The molecule has 0 aliphatic rings. The number of hydrogen-bond donors (Lipinski definition) is 3. The molecule has 0 bridgehead atoms. The Hall–Kier alpha value is -2.63. The van der Waals surface area contributed by atoms with Crippen molar-refractivity contribution in [2.45, 2.75) is 16.7 Å². The van der Waals surface area contributed by atoms with Crippen molar-refractivity contribution in [2.24, 2.45) is 0 Å². The van der Waals surface area contributed by atoms with Gasteiger partial charge in [-0.3, -0.25) is 5.32 Å². The number of benzene rings is 2. The van der Waals surface area contributed by atoms with Gasteiger partial charge in [0.15, 0.2) is 5.60 Å². The van der Waals surface area contributed by atoms with Gasteiger partial charge in [0.1, 0.15) is 0 Å². The zero-order valence-electron chi connectivity index (χ0n) is 14.5. The minimum absolute atomic E-state index is 0.224. The number of nitrogens with one attached hydrogen (secondary N) is 2. The Labute approximate surface area is 159 Å². The van der Waals surface area contributed by atoms with E-state index in [1.807, 2.05) is 0 Å². The van der Waals surface area contributed by atoms with Crippen LogP contribution in [0.15, 0.2) is 59.5 Å². The minimum Gasteiger partial charge on any atom is -0.453 e. The molecule has 152 valence electrons. The van der Waals surface area contributed by atoms with Gasteiger partial charge in [-0.15, -0.1) is 0 Å². The van der Waals surface area contributed by atoms with Crippen molar-refractivity contribution in [2.75, 3.05) is 19.0 Å². The van der Waals surface area contributed by atoms with Crippen molar-refractivity contribution in [1.29, 1.82) is 0 Å². The number of sulfonamides is 1. The lowest BCUT2D eigenvalue weighted by Crippen LogP contribution is -2.51. The van der Waals surface area contributed by atoms with Crippen LogP contribution < -0.4 is 10.0 Å². The van der Waals surface area contributed by atoms with E-state index < -0.39 is 40.0 Å². The van der Waals surface area contributed by atoms with E-state index in [0.29, 0.717) is 0 Å². The van der Waals surface area contributed by atoms with E-state index in [1.54, 1.807) is 4.72 Å². The van der Waals surface area contributed by atoms with Gasteiger partial charge in [0.25, 0.3) is 0 Å². The topological polar surface area (TPSA) is 105 Å². The first-order chi connectivity index (χ1) is 13.0. The van der Waals surface area contributed by atoms with Crippen LogP contribution in [0.1, 0.15) is 5.56 Å². The molecule has 28 heavy (non-hydrogen) atoms. The molecule has 3 N–H and O–H groups in total. The van der Waals surface area contributed by atoms with Crippen LogP contribution in [-0.4, -0.2) is 39.4 Å². The molecule has 0 aliphatic carbocycles. The molecule has 2 rings (SSSR count). The Bertz CT molecular complexity index is 918. The Morgan fingerprint density at radius 1 is 1.07 bits per heavy atom. The molecule has 11 heteroatoms.